The molecule has 0 fully saturated rings. The fourth-order valence-electron chi connectivity index (χ4n) is 1.38. The molecule has 1 aromatic rings. The molecule has 1 rings (SSSR count). The van der Waals surface area contributed by atoms with Gasteiger partial charge in [0.25, 0.3) is 0 Å². The van der Waals surface area contributed by atoms with E-state index in [-0.39, 0.29) is 0 Å². The zero-order valence-corrected chi connectivity index (χ0v) is 8.80. The van der Waals surface area contributed by atoms with Gasteiger partial charge in [0.05, 0.1) is 0 Å². The Morgan fingerprint density at radius 2 is 1.69 bits per heavy atom. The second-order valence-corrected chi connectivity index (χ2v) is 4.68. The van der Waals surface area contributed by atoms with E-state index in [1.165, 1.54) is 11.1 Å². The Hall–Kier alpha value is -1.04. The summed E-state index contributed by atoms with van der Waals surface area (Å²) in [6.07, 6.45) is 3.01. The molecular formula is C13H18. The molecule has 0 aliphatic carbocycles. The molecule has 0 aromatic heterocycles. The number of hydrogen-bond acceptors (Lipinski definition) is 0. The molecule has 0 nitrogen and oxygen atoms in total. The van der Waals surface area contributed by atoms with Crippen molar-refractivity contribution in [1.29, 1.82) is 0 Å². The molecule has 0 aliphatic heterocycles. The van der Waals surface area contributed by atoms with Crippen molar-refractivity contribution in [3.8, 4) is 0 Å². The minimum absolute atomic E-state index is 0.371. The molecule has 0 atom stereocenters. The highest BCUT2D eigenvalue weighted by atomic mass is 14.2. The molecule has 70 valence electrons. The first-order chi connectivity index (χ1) is 6.01. The predicted molar refractivity (Wildman–Crippen MR) is 59.7 cm³/mol. The highest BCUT2D eigenvalue weighted by molar-refractivity contribution is 5.47. The van der Waals surface area contributed by atoms with Gasteiger partial charge in [0.2, 0.25) is 0 Å². The molecule has 0 aliphatic rings. The molecule has 1 aromatic carbocycles. The number of benzene rings is 1. The molecule has 0 saturated heterocycles. The van der Waals surface area contributed by atoms with E-state index in [2.05, 4.69) is 51.6 Å². The molecule has 0 unspecified atom stereocenters. The highest BCUT2D eigenvalue weighted by Crippen LogP contribution is 2.20. The lowest BCUT2D eigenvalue weighted by Gasteiger charge is -2.17. The largest absolute Gasteiger partial charge is 0.0985 e. The van der Waals surface area contributed by atoms with E-state index < -0.39 is 0 Å². The Kier molecular flexibility index (Phi) is 2.92. The lowest BCUT2D eigenvalue weighted by atomic mass is 9.88. The first kappa shape index (κ1) is 10.0. The summed E-state index contributed by atoms with van der Waals surface area (Å²) in [5.41, 5.74) is 2.96. The van der Waals surface area contributed by atoms with Crippen LogP contribution in [0, 0.1) is 5.41 Å². The van der Waals surface area contributed by atoms with Crippen molar-refractivity contribution in [2.45, 2.75) is 27.2 Å². The SMILES string of the molecule is C=Cc1ccc(CC(C)(C)C)cc1. The van der Waals surface area contributed by atoms with Crippen LogP contribution >= 0.6 is 0 Å². The van der Waals surface area contributed by atoms with Crippen LogP contribution in [0.15, 0.2) is 30.8 Å². The van der Waals surface area contributed by atoms with Crippen LogP contribution in [0.2, 0.25) is 0 Å². The smallest absolute Gasteiger partial charge is 0.0230 e. The molecular weight excluding hydrogens is 156 g/mol. The van der Waals surface area contributed by atoms with E-state index in [0.717, 1.165) is 6.42 Å². The van der Waals surface area contributed by atoms with Crippen LogP contribution < -0.4 is 0 Å². The standard InChI is InChI=1S/C13H18/c1-5-11-6-8-12(9-7-11)10-13(2,3)4/h5-9H,1,10H2,2-4H3. The summed E-state index contributed by atoms with van der Waals surface area (Å²) in [6.45, 7) is 10.5. The third-order valence-corrected chi connectivity index (χ3v) is 1.95. The molecule has 0 heteroatoms. The molecule has 13 heavy (non-hydrogen) atoms. The Morgan fingerprint density at radius 1 is 1.15 bits per heavy atom. The normalized spacial score (nSPS) is 11.3. The van der Waals surface area contributed by atoms with E-state index in [1.807, 2.05) is 6.08 Å². The van der Waals surface area contributed by atoms with Gasteiger partial charge in [-0.3, -0.25) is 0 Å². The van der Waals surface area contributed by atoms with Gasteiger partial charge in [-0.25, -0.2) is 0 Å². The van der Waals surface area contributed by atoms with Gasteiger partial charge in [0.15, 0.2) is 0 Å². The lowest BCUT2D eigenvalue weighted by Crippen LogP contribution is -2.08. The zero-order valence-electron chi connectivity index (χ0n) is 8.80. The van der Waals surface area contributed by atoms with E-state index in [0.29, 0.717) is 5.41 Å². The fraction of sp³-hybridized carbons (Fsp3) is 0.385. The fourth-order valence-corrected chi connectivity index (χ4v) is 1.38. The molecule has 0 radical (unpaired) electrons. The first-order valence-electron chi connectivity index (χ1n) is 4.73. The molecule has 0 saturated carbocycles. The van der Waals surface area contributed by atoms with Crippen molar-refractivity contribution in [1.82, 2.24) is 0 Å². The van der Waals surface area contributed by atoms with Crippen LogP contribution in [-0.2, 0) is 6.42 Å². The third-order valence-electron chi connectivity index (χ3n) is 1.95. The van der Waals surface area contributed by atoms with Crippen LogP contribution in [0.4, 0.5) is 0 Å². The van der Waals surface area contributed by atoms with Crippen LogP contribution in [0.5, 0.6) is 0 Å². The average molecular weight is 174 g/mol. The third kappa shape index (κ3) is 3.45. The van der Waals surface area contributed by atoms with Crippen molar-refractivity contribution in [3.05, 3.63) is 42.0 Å². The summed E-state index contributed by atoms with van der Waals surface area (Å²) in [4.78, 5) is 0. The van der Waals surface area contributed by atoms with Crippen LogP contribution in [0.25, 0.3) is 6.08 Å². The van der Waals surface area contributed by atoms with Crippen molar-refractivity contribution in [2.24, 2.45) is 5.41 Å². The van der Waals surface area contributed by atoms with E-state index in [1.54, 1.807) is 0 Å². The van der Waals surface area contributed by atoms with Gasteiger partial charge >= 0.3 is 0 Å². The van der Waals surface area contributed by atoms with Crippen molar-refractivity contribution in [3.63, 3.8) is 0 Å². The van der Waals surface area contributed by atoms with E-state index in [4.69, 9.17) is 0 Å². The Bertz CT molecular complexity index is 272. The van der Waals surface area contributed by atoms with Gasteiger partial charge in [-0.05, 0) is 23.0 Å². The predicted octanol–water partition coefficient (Wildman–Crippen LogP) is 3.92. The van der Waals surface area contributed by atoms with Crippen molar-refractivity contribution >= 4 is 6.08 Å². The minimum atomic E-state index is 0.371. The highest BCUT2D eigenvalue weighted by Gasteiger charge is 2.10. The zero-order chi connectivity index (χ0) is 9.90. The van der Waals surface area contributed by atoms with Gasteiger partial charge in [-0.1, -0.05) is 57.7 Å². The maximum Gasteiger partial charge on any atom is -0.0230 e. The molecule has 0 heterocycles. The summed E-state index contributed by atoms with van der Waals surface area (Å²) in [5.74, 6) is 0. The second kappa shape index (κ2) is 3.78. The molecule has 0 N–H and O–H groups in total. The van der Waals surface area contributed by atoms with Crippen molar-refractivity contribution in [2.75, 3.05) is 0 Å². The second-order valence-electron chi connectivity index (χ2n) is 4.68. The topological polar surface area (TPSA) is 0 Å². The number of hydrogen-bond donors (Lipinski definition) is 0. The Labute approximate surface area is 81.3 Å². The maximum absolute atomic E-state index is 3.74. The summed E-state index contributed by atoms with van der Waals surface area (Å²) in [5, 5.41) is 0. The Morgan fingerprint density at radius 3 is 2.08 bits per heavy atom. The van der Waals surface area contributed by atoms with Gasteiger partial charge in [0, 0.05) is 0 Å². The molecule has 0 amide bonds. The van der Waals surface area contributed by atoms with Crippen molar-refractivity contribution < 1.29 is 0 Å². The van der Waals surface area contributed by atoms with Crippen LogP contribution in [0.1, 0.15) is 31.9 Å². The Balaban J connectivity index is 2.75. The molecule has 0 bridgehead atoms. The van der Waals surface area contributed by atoms with Crippen LogP contribution in [0.3, 0.4) is 0 Å². The lowest BCUT2D eigenvalue weighted by molar-refractivity contribution is 0.411. The van der Waals surface area contributed by atoms with Gasteiger partial charge in [0.1, 0.15) is 0 Å². The van der Waals surface area contributed by atoms with Gasteiger partial charge in [-0.15, -0.1) is 0 Å². The van der Waals surface area contributed by atoms with E-state index in [9.17, 15) is 0 Å². The van der Waals surface area contributed by atoms with E-state index >= 15 is 0 Å². The molecule has 0 spiro atoms. The van der Waals surface area contributed by atoms with Crippen LogP contribution in [-0.4, -0.2) is 0 Å². The maximum atomic E-state index is 3.74. The summed E-state index contributed by atoms with van der Waals surface area (Å²) in [6, 6.07) is 8.60. The summed E-state index contributed by atoms with van der Waals surface area (Å²) in [7, 11) is 0. The average Bonchev–Trinajstić information content (AvgIpc) is 2.03. The first-order valence-corrected chi connectivity index (χ1v) is 4.73. The quantitative estimate of drug-likeness (QED) is 0.637. The monoisotopic (exact) mass is 174 g/mol. The van der Waals surface area contributed by atoms with Gasteiger partial charge in [-0.2, -0.15) is 0 Å². The van der Waals surface area contributed by atoms with Gasteiger partial charge < -0.3 is 0 Å². The summed E-state index contributed by atoms with van der Waals surface area (Å²) >= 11 is 0. The minimum Gasteiger partial charge on any atom is -0.0985 e. The summed E-state index contributed by atoms with van der Waals surface area (Å²) < 4.78 is 0. The number of rotatable bonds is 2.